The Kier molecular flexibility index (Phi) is 26.1. The lowest BCUT2D eigenvalue weighted by Gasteiger charge is -2.17. The summed E-state index contributed by atoms with van der Waals surface area (Å²) in [7, 11) is 0. The van der Waals surface area contributed by atoms with E-state index in [-0.39, 0.29) is 5.97 Å². The third-order valence-electron chi connectivity index (χ3n) is 7.06. The first-order chi connectivity index (χ1) is 16.6. The molecule has 0 aliphatic carbocycles. The first kappa shape index (κ1) is 33.1. The minimum absolute atomic E-state index is 0.110. The van der Waals surface area contributed by atoms with Crippen LogP contribution in [0.15, 0.2) is 0 Å². The van der Waals surface area contributed by atoms with Crippen molar-refractivity contribution < 1.29 is 14.3 Å². The highest BCUT2D eigenvalue weighted by Gasteiger charge is 2.13. The fourth-order valence-corrected chi connectivity index (χ4v) is 4.68. The molecule has 0 rings (SSSR count). The van der Waals surface area contributed by atoms with Gasteiger partial charge in [-0.1, -0.05) is 130 Å². The highest BCUT2D eigenvalue weighted by atomic mass is 16.5. The van der Waals surface area contributed by atoms with E-state index in [0.29, 0.717) is 44.0 Å². The predicted molar refractivity (Wildman–Crippen MR) is 147 cm³/mol. The van der Waals surface area contributed by atoms with Gasteiger partial charge in [-0.2, -0.15) is 0 Å². The molecule has 0 saturated heterocycles. The molecule has 0 aliphatic rings. The van der Waals surface area contributed by atoms with E-state index in [1.54, 1.807) is 0 Å². The molecule has 1 unspecified atom stereocenters. The molecule has 3 heteroatoms. The SMILES string of the molecule is CCCCCCCCCCC(=O)CCCC(=O)OCC(CCCCCC)CCCCCCCC. The molecule has 0 amide bonds. The molecule has 0 spiro atoms. The van der Waals surface area contributed by atoms with E-state index in [1.165, 1.54) is 116 Å². The van der Waals surface area contributed by atoms with Crippen LogP contribution in [0.4, 0.5) is 0 Å². The largest absolute Gasteiger partial charge is 0.465 e. The molecule has 0 heterocycles. The van der Waals surface area contributed by atoms with Crippen LogP contribution in [0.3, 0.4) is 0 Å². The van der Waals surface area contributed by atoms with Gasteiger partial charge in [-0.3, -0.25) is 9.59 Å². The van der Waals surface area contributed by atoms with Gasteiger partial charge in [-0.25, -0.2) is 0 Å². The first-order valence-electron chi connectivity index (χ1n) is 15.3. The third kappa shape index (κ3) is 24.3. The van der Waals surface area contributed by atoms with Gasteiger partial charge in [-0.05, 0) is 31.6 Å². The van der Waals surface area contributed by atoms with Crippen LogP contribution >= 0.6 is 0 Å². The maximum absolute atomic E-state index is 12.2. The van der Waals surface area contributed by atoms with Crippen molar-refractivity contribution in [1.82, 2.24) is 0 Å². The zero-order valence-corrected chi connectivity index (χ0v) is 23.5. The van der Waals surface area contributed by atoms with Gasteiger partial charge in [-0.15, -0.1) is 0 Å². The van der Waals surface area contributed by atoms with E-state index in [1.807, 2.05) is 0 Å². The fourth-order valence-electron chi connectivity index (χ4n) is 4.68. The van der Waals surface area contributed by atoms with Crippen molar-refractivity contribution >= 4 is 11.8 Å². The van der Waals surface area contributed by atoms with Crippen LogP contribution in [0.1, 0.15) is 175 Å². The van der Waals surface area contributed by atoms with Crippen molar-refractivity contribution in [1.29, 1.82) is 0 Å². The maximum atomic E-state index is 12.2. The molecule has 0 saturated carbocycles. The standard InChI is InChI=1S/C31H60O3/c1-4-7-10-13-15-16-18-21-25-30(32)26-22-27-31(33)34-28-29(23-19-12-9-6-3)24-20-17-14-11-8-5-2/h29H,4-28H2,1-3H3. The molecule has 202 valence electrons. The number of unbranched alkanes of at least 4 members (excludes halogenated alkanes) is 15. The number of carbonyl (C=O) groups excluding carboxylic acids is 2. The molecule has 0 N–H and O–H groups in total. The second-order valence-corrected chi connectivity index (χ2v) is 10.6. The number of ether oxygens (including phenoxy) is 1. The Hall–Kier alpha value is -0.860. The van der Waals surface area contributed by atoms with Gasteiger partial charge in [0.1, 0.15) is 5.78 Å². The summed E-state index contributed by atoms with van der Waals surface area (Å²) in [6, 6.07) is 0. The van der Waals surface area contributed by atoms with Crippen LogP contribution in [-0.4, -0.2) is 18.4 Å². The zero-order valence-electron chi connectivity index (χ0n) is 23.5. The van der Waals surface area contributed by atoms with E-state index in [2.05, 4.69) is 20.8 Å². The average molecular weight is 481 g/mol. The lowest BCUT2D eigenvalue weighted by molar-refractivity contribution is -0.145. The summed E-state index contributed by atoms with van der Waals surface area (Å²) in [6.45, 7) is 7.32. The van der Waals surface area contributed by atoms with E-state index in [4.69, 9.17) is 4.74 Å². The molecular weight excluding hydrogens is 420 g/mol. The summed E-state index contributed by atoms with van der Waals surface area (Å²) < 4.78 is 5.64. The van der Waals surface area contributed by atoms with Gasteiger partial charge in [0.15, 0.2) is 0 Å². The molecule has 0 aromatic rings. The van der Waals surface area contributed by atoms with E-state index < -0.39 is 0 Å². The van der Waals surface area contributed by atoms with Gasteiger partial charge >= 0.3 is 5.97 Å². The fraction of sp³-hybridized carbons (Fsp3) is 0.935. The minimum Gasteiger partial charge on any atom is -0.465 e. The van der Waals surface area contributed by atoms with Crippen LogP contribution in [-0.2, 0) is 14.3 Å². The summed E-state index contributed by atoms with van der Waals surface area (Å²) in [6.07, 6.45) is 27.7. The molecular formula is C31H60O3. The molecule has 34 heavy (non-hydrogen) atoms. The van der Waals surface area contributed by atoms with Crippen molar-refractivity contribution in [2.45, 2.75) is 175 Å². The number of esters is 1. The molecule has 0 bridgehead atoms. The summed E-state index contributed by atoms with van der Waals surface area (Å²) >= 11 is 0. The number of hydrogen-bond donors (Lipinski definition) is 0. The Labute approximate surface area is 213 Å². The quantitative estimate of drug-likeness (QED) is 0.0867. The Morgan fingerprint density at radius 2 is 0.912 bits per heavy atom. The maximum Gasteiger partial charge on any atom is 0.305 e. The molecule has 3 nitrogen and oxygen atoms in total. The minimum atomic E-state index is -0.110. The lowest BCUT2D eigenvalue weighted by Crippen LogP contribution is -2.15. The van der Waals surface area contributed by atoms with Crippen LogP contribution < -0.4 is 0 Å². The Morgan fingerprint density at radius 1 is 0.500 bits per heavy atom. The van der Waals surface area contributed by atoms with Crippen LogP contribution in [0.2, 0.25) is 0 Å². The predicted octanol–water partition coefficient (Wildman–Crippen LogP) is 10.1. The second kappa shape index (κ2) is 26.7. The summed E-state index contributed by atoms with van der Waals surface area (Å²) in [5.74, 6) is 0.715. The topological polar surface area (TPSA) is 43.4 Å². The summed E-state index contributed by atoms with van der Waals surface area (Å²) in [4.78, 5) is 24.3. The van der Waals surface area contributed by atoms with E-state index in [0.717, 1.165) is 12.8 Å². The number of hydrogen-bond acceptors (Lipinski definition) is 3. The van der Waals surface area contributed by atoms with Crippen molar-refractivity contribution in [3.05, 3.63) is 0 Å². The Morgan fingerprint density at radius 3 is 1.44 bits per heavy atom. The Bertz CT molecular complexity index is 446. The lowest BCUT2D eigenvalue weighted by atomic mass is 9.95. The van der Waals surface area contributed by atoms with Gasteiger partial charge in [0.05, 0.1) is 6.61 Å². The Balaban J connectivity index is 3.89. The average Bonchev–Trinajstić information content (AvgIpc) is 2.83. The molecule has 1 atom stereocenters. The number of ketones is 1. The number of Topliss-reactive ketones (excluding diaryl/α,β-unsaturated/α-hetero) is 1. The van der Waals surface area contributed by atoms with Crippen molar-refractivity contribution in [3.8, 4) is 0 Å². The van der Waals surface area contributed by atoms with Crippen molar-refractivity contribution in [2.75, 3.05) is 6.61 Å². The van der Waals surface area contributed by atoms with Gasteiger partial charge < -0.3 is 4.74 Å². The molecule has 0 aliphatic heterocycles. The number of rotatable bonds is 27. The normalized spacial score (nSPS) is 12.1. The monoisotopic (exact) mass is 480 g/mol. The number of carbonyl (C=O) groups is 2. The van der Waals surface area contributed by atoms with E-state index >= 15 is 0 Å². The summed E-state index contributed by atoms with van der Waals surface area (Å²) in [5, 5.41) is 0. The van der Waals surface area contributed by atoms with E-state index in [9.17, 15) is 9.59 Å². The molecule has 0 aromatic heterocycles. The van der Waals surface area contributed by atoms with Crippen molar-refractivity contribution in [2.24, 2.45) is 5.92 Å². The van der Waals surface area contributed by atoms with Crippen LogP contribution in [0, 0.1) is 5.92 Å². The second-order valence-electron chi connectivity index (χ2n) is 10.6. The highest BCUT2D eigenvalue weighted by Crippen LogP contribution is 2.20. The summed E-state index contributed by atoms with van der Waals surface area (Å²) in [5.41, 5.74) is 0. The first-order valence-corrected chi connectivity index (χ1v) is 15.3. The van der Waals surface area contributed by atoms with Crippen LogP contribution in [0.5, 0.6) is 0 Å². The van der Waals surface area contributed by atoms with Gasteiger partial charge in [0, 0.05) is 19.3 Å². The smallest absolute Gasteiger partial charge is 0.305 e. The third-order valence-corrected chi connectivity index (χ3v) is 7.06. The van der Waals surface area contributed by atoms with Gasteiger partial charge in [0.25, 0.3) is 0 Å². The van der Waals surface area contributed by atoms with Gasteiger partial charge in [0.2, 0.25) is 0 Å². The highest BCUT2D eigenvalue weighted by molar-refractivity contribution is 5.79. The molecule has 0 radical (unpaired) electrons. The molecule has 0 aromatic carbocycles. The van der Waals surface area contributed by atoms with Crippen LogP contribution in [0.25, 0.3) is 0 Å². The molecule has 0 fully saturated rings. The zero-order chi connectivity index (χ0) is 25.1. The van der Waals surface area contributed by atoms with Crippen molar-refractivity contribution in [3.63, 3.8) is 0 Å².